The Bertz CT molecular complexity index is 2290. The van der Waals surface area contributed by atoms with Gasteiger partial charge >= 0.3 is 6.18 Å². The molecule has 13 nitrogen and oxygen atoms in total. The van der Waals surface area contributed by atoms with E-state index in [1.54, 1.807) is 29.3 Å². The van der Waals surface area contributed by atoms with Crippen molar-refractivity contribution in [2.24, 2.45) is 10.8 Å². The Morgan fingerprint density at radius 3 is 2.56 bits per heavy atom. The van der Waals surface area contributed by atoms with Crippen LogP contribution in [0.4, 0.5) is 18.9 Å². The summed E-state index contributed by atoms with van der Waals surface area (Å²) in [6, 6.07) is 6.46. The van der Waals surface area contributed by atoms with Gasteiger partial charge in [0.15, 0.2) is 17.6 Å². The summed E-state index contributed by atoms with van der Waals surface area (Å²) in [5, 5.41) is 14.0. The predicted octanol–water partition coefficient (Wildman–Crippen LogP) is 4.75. The number of aromatic nitrogens is 4. The fourth-order valence-corrected chi connectivity index (χ4v) is 9.06. The zero-order valence-electron chi connectivity index (χ0n) is 28.2. The van der Waals surface area contributed by atoms with E-state index in [9.17, 15) is 32.7 Å². The van der Waals surface area contributed by atoms with Crippen LogP contribution in [0.25, 0.3) is 32.0 Å². The van der Waals surface area contributed by atoms with Gasteiger partial charge in [0.05, 0.1) is 17.9 Å². The molecule has 1 aromatic carbocycles. The van der Waals surface area contributed by atoms with Crippen LogP contribution in [0.2, 0.25) is 0 Å². The van der Waals surface area contributed by atoms with E-state index in [0.29, 0.717) is 63.2 Å². The molecule has 0 atom stereocenters. The summed E-state index contributed by atoms with van der Waals surface area (Å²) in [6.45, 7) is 3.41. The van der Waals surface area contributed by atoms with Crippen LogP contribution in [0.15, 0.2) is 46.1 Å². The summed E-state index contributed by atoms with van der Waals surface area (Å²) in [5.74, 6) is -0.633. The summed E-state index contributed by atoms with van der Waals surface area (Å²) in [4.78, 5) is 57.8. The molecule has 4 aromatic heterocycles. The molecular formula is C35H34F3N7O6S. The number of halogens is 3. The Kier molecular flexibility index (Phi) is 7.96. The Balaban J connectivity index is 1.09. The van der Waals surface area contributed by atoms with Crippen LogP contribution < -0.4 is 20.4 Å². The zero-order valence-corrected chi connectivity index (χ0v) is 29.1. The third-order valence-corrected chi connectivity index (χ3v) is 11.8. The number of oxazole rings is 1. The lowest BCUT2D eigenvalue weighted by Crippen LogP contribution is -2.72. The first-order chi connectivity index (χ1) is 24.9. The van der Waals surface area contributed by atoms with Crippen LogP contribution in [0.5, 0.6) is 11.6 Å². The number of hydrogen-bond donors (Lipinski definition) is 2. The average Bonchev–Trinajstić information content (AvgIpc) is 3.75. The van der Waals surface area contributed by atoms with E-state index in [1.807, 2.05) is 16.4 Å². The Morgan fingerprint density at radius 1 is 1.12 bits per heavy atom. The number of carbonyl (C=O) groups is 2. The van der Waals surface area contributed by atoms with Crippen LogP contribution >= 0.6 is 11.3 Å². The van der Waals surface area contributed by atoms with E-state index >= 15 is 0 Å². The molecule has 0 radical (unpaired) electrons. The minimum Gasteiger partial charge on any atom is -0.507 e. The van der Waals surface area contributed by atoms with Gasteiger partial charge in [0.2, 0.25) is 17.2 Å². The molecule has 4 fully saturated rings. The monoisotopic (exact) mass is 737 g/mol. The number of methoxy groups -OCH3 is 1. The summed E-state index contributed by atoms with van der Waals surface area (Å²) in [5.41, 5.74) is 0.0206. The van der Waals surface area contributed by atoms with Crippen molar-refractivity contribution in [3.05, 3.63) is 58.3 Å². The van der Waals surface area contributed by atoms with Crippen LogP contribution in [0.3, 0.4) is 0 Å². The number of piperazine rings is 1. The molecule has 1 saturated heterocycles. The average molecular weight is 738 g/mol. The molecule has 5 aromatic rings. The highest BCUT2D eigenvalue weighted by atomic mass is 32.1. The van der Waals surface area contributed by atoms with Crippen LogP contribution in [-0.2, 0) is 17.8 Å². The van der Waals surface area contributed by atoms with Crippen molar-refractivity contribution in [3.8, 4) is 22.2 Å². The molecule has 5 heterocycles. The van der Waals surface area contributed by atoms with E-state index in [2.05, 4.69) is 15.3 Å². The van der Waals surface area contributed by atoms with E-state index in [-0.39, 0.29) is 73.7 Å². The number of fused-ring (bicyclic) bond motifs is 2. The highest BCUT2D eigenvalue weighted by molar-refractivity contribution is 7.21. The lowest BCUT2D eigenvalue weighted by Gasteiger charge is -2.69. The number of rotatable bonds is 9. The van der Waals surface area contributed by atoms with Crippen molar-refractivity contribution < 1.29 is 37.0 Å². The van der Waals surface area contributed by atoms with Gasteiger partial charge in [-0.05, 0) is 43.9 Å². The number of anilines is 1. The number of phenols is 1. The maximum atomic E-state index is 14.4. The Labute approximate surface area is 298 Å². The minimum absolute atomic E-state index is 0.0286. The minimum atomic E-state index is -4.31. The largest absolute Gasteiger partial charge is 0.507 e. The number of alkyl halides is 3. The molecule has 17 heteroatoms. The maximum Gasteiger partial charge on any atom is 0.394 e. The summed E-state index contributed by atoms with van der Waals surface area (Å²) in [6.07, 6.45) is -1.63. The fourth-order valence-electron chi connectivity index (χ4n) is 8.05. The van der Waals surface area contributed by atoms with Crippen molar-refractivity contribution in [2.75, 3.05) is 44.7 Å². The molecule has 272 valence electrons. The van der Waals surface area contributed by atoms with Gasteiger partial charge in [-0.1, -0.05) is 6.92 Å². The second-order valence-electron chi connectivity index (χ2n) is 13.7. The number of ether oxygens (including phenoxy) is 1. The van der Waals surface area contributed by atoms with E-state index in [4.69, 9.17) is 14.1 Å². The number of carbonyl (C=O) groups excluding carboxylic acids is 2. The summed E-state index contributed by atoms with van der Waals surface area (Å²) >= 11 is 1.22. The third kappa shape index (κ3) is 5.18. The van der Waals surface area contributed by atoms with E-state index in [1.165, 1.54) is 30.9 Å². The number of amides is 2. The molecular weight excluding hydrogens is 703 g/mol. The van der Waals surface area contributed by atoms with Crippen molar-refractivity contribution in [1.82, 2.24) is 29.7 Å². The number of nitrogens with one attached hydrogen (secondary N) is 1. The molecule has 2 N–H and O–H groups in total. The number of nitrogens with zero attached hydrogens (tertiary/aromatic N) is 6. The van der Waals surface area contributed by atoms with Gasteiger partial charge in [0.25, 0.3) is 5.91 Å². The molecule has 0 unspecified atom stereocenters. The van der Waals surface area contributed by atoms with E-state index in [0.717, 1.165) is 0 Å². The normalized spacial score (nSPS) is 21.2. The Morgan fingerprint density at radius 2 is 1.87 bits per heavy atom. The van der Waals surface area contributed by atoms with E-state index < -0.39 is 22.9 Å². The van der Waals surface area contributed by atoms with Crippen LogP contribution in [0, 0.1) is 10.8 Å². The van der Waals surface area contributed by atoms with Gasteiger partial charge in [-0.15, -0.1) is 11.3 Å². The van der Waals surface area contributed by atoms with Gasteiger partial charge < -0.3 is 33.9 Å². The van der Waals surface area contributed by atoms with Gasteiger partial charge in [0, 0.05) is 62.8 Å². The maximum absolute atomic E-state index is 14.4. The second-order valence-corrected chi connectivity index (χ2v) is 14.7. The number of thiazole rings is 1. The molecule has 0 spiro atoms. The van der Waals surface area contributed by atoms with Gasteiger partial charge in [-0.25, -0.2) is 15.0 Å². The van der Waals surface area contributed by atoms with Crippen molar-refractivity contribution in [2.45, 2.75) is 45.3 Å². The third-order valence-electron chi connectivity index (χ3n) is 10.7. The smallest absolute Gasteiger partial charge is 0.394 e. The van der Waals surface area contributed by atoms with Crippen molar-refractivity contribution >= 4 is 50.3 Å². The molecule has 4 aliphatic rings. The van der Waals surface area contributed by atoms with Crippen molar-refractivity contribution in [3.63, 3.8) is 0 Å². The lowest BCUT2D eigenvalue weighted by atomic mass is 9.34. The second kappa shape index (κ2) is 12.2. The first-order valence-electron chi connectivity index (χ1n) is 16.9. The topological polar surface area (TPSA) is 156 Å². The SMILES string of the molecule is CCc1c(N2CCN(C(=O)c3c(O)ccc4ncoc34)CC2)c(=O)c2sc(-c3ccnc(OC)c3)nc2n1CCNC(=O)C12CC(C(F)(F)F)(C1)C2. The van der Waals surface area contributed by atoms with Gasteiger partial charge in [-0.2, -0.15) is 13.2 Å². The standard InChI is InChI=1S/C35H34F3N7O6S/c1-3-21-25(43-10-12-44(13-11-43)31(48)24-22(46)5-4-20-27(24)51-18-41-20)26(47)28-29(42-30(52-28)19-6-7-39-23(14-19)50-2)45(21)9-8-40-32(49)33-15-34(16-33,17-33)35(36,37)38/h4-7,14,18,46H,3,8-13,15-17H2,1-2H3,(H,40,49). The number of pyridine rings is 2. The summed E-state index contributed by atoms with van der Waals surface area (Å²) < 4.78 is 53.3. The molecule has 2 bridgehead atoms. The van der Waals surface area contributed by atoms with Crippen molar-refractivity contribution in [1.29, 1.82) is 0 Å². The number of phenolic OH excluding ortho intramolecular Hbond substituents is 1. The predicted molar refractivity (Wildman–Crippen MR) is 185 cm³/mol. The first-order valence-corrected chi connectivity index (χ1v) is 17.7. The highest BCUT2D eigenvalue weighted by Crippen LogP contribution is 2.78. The number of hydrogen-bond acceptors (Lipinski definition) is 11. The first kappa shape index (κ1) is 33.9. The molecule has 3 aliphatic carbocycles. The van der Waals surface area contributed by atoms with Gasteiger partial charge in [-0.3, -0.25) is 14.4 Å². The number of aromatic hydroxyl groups is 1. The fraction of sp³-hybridized carbons (Fsp3) is 0.429. The Hall–Kier alpha value is -5.19. The molecule has 9 rings (SSSR count). The quantitative estimate of drug-likeness (QED) is 0.217. The molecule has 1 aliphatic heterocycles. The summed E-state index contributed by atoms with van der Waals surface area (Å²) in [7, 11) is 1.50. The van der Waals surface area contributed by atoms with Gasteiger partial charge in [0.1, 0.15) is 32.2 Å². The molecule has 2 amide bonds. The molecule has 3 saturated carbocycles. The lowest BCUT2D eigenvalue weighted by molar-refractivity contribution is -0.351. The highest BCUT2D eigenvalue weighted by Gasteiger charge is 2.80. The molecule has 52 heavy (non-hydrogen) atoms. The number of benzene rings is 1. The van der Waals surface area contributed by atoms with Crippen LogP contribution in [-0.4, -0.2) is 87.3 Å². The van der Waals surface area contributed by atoms with Crippen LogP contribution in [0.1, 0.15) is 42.2 Å². The zero-order chi connectivity index (χ0) is 36.6.